The lowest BCUT2D eigenvalue weighted by Crippen LogP contribution is -2.30. The first-order valence-electron chi connectivity index (χ1n) is 6.90. The van der Waals surface area contributed by atoms with Gasteiger partial charge in [0, 0.05) is 6.04 Å². The van der Waals surface area contributed by atoms with Crippen LogP contribution < -0.4 is 5.32 Å². The molecule has 3 unspecified atom stereocenters. The van der Waals surface area contributed by atoms with Gasteiger partial charge in [0.25, 0.3) is 0 Å². The maximum absolute atomic E-state index is 11.2. The number of hydrogen-bond acceptors (Lipinski definition) is 2. The van der Waals surface area contributed by atoms with Crippen LogP contribution in [0.3, 0.4) is 0 Å². The Balaban J connectivity index is 1.97. The maximum atomic E-state index is 11.2. The van der Waals surface area contributed by atoms with Crippen LogP contribution in [0.25, 0.3) is 0 Å². The lowest BCUT2D eigenvalue weighted by Gasteiger charge is -2.21. The van der Waals surface area contributed by atoms with E-state index in [4.69, 9.17) is 23.2 Å². The summed E-state index contributed by atoms with van der Waals surface area (Å²) < 4.78 is 0. The second kappa shape index (κ2) is 6.79. The van der Waals surface area contributed by atoms with Gasteiger partial charge in [-0.05, 0) is 43.9 Å². The van der Waals surface area contributed by atoms with Crippen LogP contribution in [0.5, 0.6) is 0 Å². The molecule has 1 aliphatic carbocycles. The molecule has 2 rings (SSSR count). The highest BCUT2D eigenvalue weighted by Crippen LogP contribution is 2.33. The normalized spacial score (nSPS) is 23.8. The van der Waals surface area contributed by atoms with E-state index in [1.165, 1.54) is 0 Å². The molecule has 0 amide bonds. The third-order valence-electron chi connectivity index (χ3n) is 4.11. The predicted molar refractivity (Wildman–Crippen MR) is 81.3 cm³/mol. The third kappa shape index (κ3) is 3.46. The molecule has 2 N–H and O–H groups in total. The molecule has 0 bridgehead atoms. The highest BCUT2D eigenvalue weighted by atomic mass is 35.5. The summed E-state index contributed by atoms with van der Waals surface area (Å²) in [4.78, 5) is 11.2. The second-order valence-corrected chi connectivity index (χ2v) is 6.19. The molecule has 0 heterocycles. The quantitative estimate of drug-likeness (QED) is 0.858. The van der Waals surface area contributed by atoms with Crippen LogP contribution in [-0.2, 0) is 4.79 Å². The molecule has 3 nitrogen and oxygen atoms in total. The van der Waals surface area contributed by atoms with Crippen LogP contribution in [0, 0.1) is 11.8 Å². The Morgan fingerprint density at radius 1 is 1.45 bits per heavy atom. The van der Waals surface area contributed by atoms with Crippen molar-refractivity contribution in [3.63, 3.8) is 0 Å². The van der Waals surface area contributed by atoms with Gasteiger partial charge in [0.05, 0.1) is 16.0 Å². The Hall–Kier alpha value is -0.770. The molecular weight excluding hydrogens is 297 g/mol. The number of hydrogen-bond donors (Lipinski definition) is 2. The van der Waals surface area contributed by atoms with Gasteiger partial charge >= 0.3 is 5.97 Å². The molecule has 0 saturated heterocycles. The molecule has 3 atom stereocenters. The van der Waals surface area contributed by atoms with Crippen LogP contribution in [0.2, 0.25) is 10.0 Å². The Labute approximate surface area is 129 Å². The molecule has 1 saturated carbocycles. The first-order chi connectivity index (χ1) is 9.50. The van der Waals surface area contributed by atoms with E-state index in [1.54, 1.807) is 6.07 Å². The van der Waals surface area contributed by atoms with Crippen molar-refractivity contribution in [2.75, 3.05) is 6.54 Å². The van der Waals surface area contributed by atoms with Gasteiger partial charge in [0.1, 0.15) is 0 Å². The number of halogens is 2. The lowest BCUT2D eigenvalue weighted by atomic mass is 9.95. The molecule has 1 fully saturated rings. The molecule has 1 aromatic carbocycles. The van der Waals surface area contributed by atoms with Crippen LogP contribution in [0.4, 0.5) is 0 Å². The van der Waals surface area contributed by atoms with Gasteiger partial charge in [0.2, 0.25) is 0 Å². The van der Waals surface area contributed by atoms with Gasteiger partial charge < -0.3 is 10.4 Å². The number of benzene rings is 1. The SMILES string of the molecule is CC(NCC1CCCC1C(=O)O)c1cccc(Cl)c1Cl. The van der Waals surface area contributed by atoms with Gasteiger partial charge in [0.15, 0.2) is 0 Å². The van der Waals surface area contributed by atoms with E-state index in [2.05, 4.69) is 5.32 Å². The van der Waals surface area contributed by atoms with Crippen molar-refractivity contribution < 1.29 is 9.90 Å². The van der Waals surface area contributed by atoms with Crippen LogP contribution in [-0.4, -0.2) is 17.6 Å². The van der Waals surface area contributed by atoms with Gasteiger partial charge in [-0.2, -0.15) is 0 Å². The molecule has 20 heavy (non-hydrogen) atoms. The van der Waals surface area contributed by atoms with E-state index in [-0.39, 0.29) is 17.9 Å². The van der Waals surface area contributed by atoms with E-state index >= 15 is 0 Å². The van der Waals surface area contributed by atoms with Crippen LogP contribution in [0.1, 0.15) is 37.8 Å². The van der Waals surface area contributed by atoms with Crippen molar-refractivity contribution >= 4 is 29.2 Å². The Morgan fingerprint density at radius 3 is 2.90 bits per heavy atom. The fraction of sp³-hybridized carbons (Fsp3) is 0.533. The van der Waals surface area contributed by atoms with E-state index in [0.717, 1.165) is 24.8 Å². The first-order valence-corrected chi connectivity index (χ1v) is 7.66. The molecule has 0 aliphatic heterocycles. The van der Waals surface area contributed by atoms with Crippen molar-refractivity contribution in [1.82, 2.24) is 5.32 Å². The smallest absolute Gasteiger partial charge is 0.306 e. The number of carboxylic acids is 1. The number of nitrogens with one attached hydrogen (secondary N) is 1. The molecule has 5 heteroatoms. The Bertz CT molecular complexity index is 493. The number of aliphatic carboxylic acids is 1. The molecule has 0 aromatic heterocycles. The van der Waals surface area contributed by atoms with E-state index in [1.807, 2.05) is 19.1 Å². The highest BCUT2D eigenvalue weighted by molar-refractivity contribution is 6.42. The summed E-state index contributed by atoms with van der Waals surface area (Å²) >= 11 is 12.2. The summed E-state index contributed by atoms with van der Waals surface area (Å²) in [5, 5.41) is 13.7. The minimum atomic E-state index is -0.678. The Morgan fingerprint density at radius 2 is 2.20 bits per heavy atom. The van der Waals surface area contributed by atoms with Gasteiger partial charge in [-0.3, -0.25) is 4.79 Å². The van der Waals surface area contributed by atoms with Gasteiger partial charge in [-0.1, -0.05) is 41.8 Å². The summed E-state index contributed by atoms with van der Waals surface area (Å²) in [5.41, 5.74) is 0.948. The van der Waals surface area contributed by atoms with Crippen molar-refractivity contribution in [2.24, 2.45) is 11.8 Å². The molecule has 0 spiro atoms. The van der Waals surface area contributed by atoms with Crippen molar-refractivity contribution in [2.45, 2.75) is 32.2 Å². The molecule has 1 aliphatic rings. The fourth-order valence-corrected chi connectivity index (χ4v) is 3.37. The summed E-state index contributed by atoms with van der Waals surface area (Å²) in [7, 11) is 0. The largest absolute Gasteiger partial charge is 0.481 e. The average molecular weight is 316 g/mol. The standard InChI is InChI=1S/C15H19Cl2NO2/c1-9(11-5-3-7-13(16)14(11)17)18-8-10-4-2-6-12(10)15(19)20/h3,5,7,9-10,12,18H,2,4,6,8H2,1H3,(H,19,20). The van der Waals surface area contributed by atoms with Gasteiger partial charge in [-0.15, -0.1) is 0 Å². The molecule has 110 valence electrons. The lowest BCUT2D eigenvalue weighted by molar-refractivity contribution is -0.142. The zero-order valence-electron chi connectivity index (χ0n) is 11.4. The maximum Gasteiger partial charge on any atom is 0.306 e. The van der Waals surface area contributed by atoms with Crippen LogP contribution in [0.15, 0.2) is 18.2 Å². The van der Waals surface area contributed by atoms with Gasteiger partial charge in [-0.25, -0.2) is 0 Å². The zero-order valence-corrected chi connectivity index (χ0v) is 12.9. The summed E-state index contributed by atoms with van der Waals surface area (Å²) in [6, 6.07) is 5.63. The van der Waals surface area contributed by atoms with E-state index in [0.29, 0.717) is 16.6 Å². The summed E-state index contributed by atoms with van der Waals surface area (Å²) in [5.74, 6) is -0.694. The van der Waals surface area contributed by atoms with Crippen molar-refractivity contribution in [1.29, 1.82) is 0 Å². The third-order valence-corrected chi connectivity index (χ3v) is 4.94. The topological polar surface area (TPSA) is 49.3 Å². The number of rotatable bonds is 5. The summed E-state index contributed by atoms with van der Waals surface area (Å²) in [6.07, 6.45) is 2.75. The minimum absolute atomic E-state index is 0.0521. The molecule has 0 radical (unpaired) electrons. The minimum Gasteiger partial charge on any atom is -0.481 e. The van der Waals surface area contributed by atoms with Crippen LogP contribution >= 0.6 is 23.2 Å². The first kappa shape index (κ1) is 15.6. The average Bonchev–Trinajstić information content (AvgIpc) is 2.87. The number of carboxylic acid groups (broad SMARTS) is 1. The summed E-state index contributed by atoms with van der Waals surface area (Å²) in [6.45, 7) is 2.71. The second-order valence-electron chi connectivity index (χ2n) is 5.41. The fourth-order valence-electron chi connectivity index (χ4n) is 2.90. The number of carbonyl (C=O) groups is 1. The monoisotopic (exact) mass is 315 g/mol. The molecule has 1 aromatic rings. The zero-order chi connectivity index (χ0) is 14.7. The predicted octanol–water partition coefficient (Wildman–Crippen LogP) is 4.14. The highest BCUT2D eigenvalue weighted by Gasteiger charge is 2.32. The van der Waals surface area contributed by atoms with E-state index in [9.17, 15) is 9.90 Å². The Kier molecular flexibility index (Phi) is 5.30. The van der Waals surface area contributed by atoms with E-state index < -0.39 is 5.97 Å². The van der Waals surface area contributed by atoms with Crippen molar-refractivity contribution in [3.8, 4) is 0 Å². The molecular formula is C15H19Cl2NO2. The van der Waals surface area contributed by atoms with Crippen molar-refractivity contribution in [3.05, 3.63) is 33.8 Å².